The lowest BCUT2D eigenvalue weighted by Gasteiger charge is -2.15. The zero-order valence-corrected chi connectivity index (χ0v) is 19.0. The molecule has 0 aromatic heterocycles. The van der Waals surface area contributed by atoms with Crippen LogP contribution in [0.1, 0.15) is 102 Å². The van der Waals surface area contributed by atoms with Crippen molar-refractivity contribution in [1.29, 1.82) is 0 Å². The minimum atomic E-state index is -0.234. The molecule has 1 rings (SSSR count). The first-order chi connectivity index (χ1) is 14.4. The fourth-order valence-electron chi connectivity index (χ4n) is 3.56. The van der Waals surface area contributed by atoms with Crippen molar-refractivity contribution in [3.63, 3.8) is 0 Å². The highest BCUT2D eigenvalue weighted by Gasteiger charge is 2.08. The van der Waals surface area contributed by atoms with Crippen LogP contribution >= 0.6 is 0 Å². The normalized spacial score (nSPS) is 12.3. The van der Waals surface area contributed by atoms with Crippen LogP contribution in [0, 0.1) is 0 Å². The molecule has 168 valence electrons. The minimum Gasteiger partial charge on any atom is -0.394 e. The molecule has 3 heteroatoms. The fraction of sp³-hybridized carbons (Fsp3) is 0.769. The van der Waals surface area contributed by atoms with E-state index in [9.17, 15) is 5.11 Å². The van der Waals surface area contributed by atoms with E-state index in [1.54, 1.807) is 0 Å². The average molecular weight is 407 g/mol. The summed E-state index contributed by atoms with van der Waals surface area (Å²) in [7, 11) is 0. The SMILES string of the molecule is CCCCCCCCCCCCCCCCOCC(CO)OCc1ccccc1. The lowest BCUT2D eigenvalue weighted by atomic mass is 10.0. The van der Waals surface area contributed by atoms with E-state index in [-0.39, 0.29) is 12.7 Å². The molecule has 1 aromatic carbocycles. The summed E-state index contributed by atoms with van der Waals surface area (Å²) in [4.78, 5) is 0. The molecule has 0 bridgehead atoms. The van der Waals surface area contributed by atoms with Crippen LogP contribution in [0.5, 0.6) is 0 Å². The number of benzene rings is 1. The van der Waals surface area contributed by atoms with E-state index in [0.29, 0.717) is 13.2 Å². The topological polar surface area (TPSA) is 38.7 Å². The number of unbranched alkanes of at least 4 members (excludes halogenated alkanes) is 13. The van der Waals surface area contributed by atoms with Gasteiger partial charge in [0.2, 0.25) is 0 Å². The van der Waals surface area contributed by atoms with Crippen molar-refractivity contribution < 1.29 is 14.6 Å². The Hall–Kier alpha value is -0.900. The number of ether oxygens (including phenoxy) is 2. The molecule has 0 saturated carbocycles. The molecule has 0 amide bonds. The summed E-state index contributed by atoms with van der Waals surface area (Å²) in [5.74, 6) is 0. The van der Waals surface area contributed by atoms with Crippen LogP contribution in [0.3, 0.4) is 0 Å². The Balaban J connectivity index is 1.81. The molecule has 1 unspecified atom stereocenters. The van der Waals surface area contributed by atoms with E-state index in [4.69, 9.17) is 9.47 Å². The van der Waals surface area contributed by atoms with Crippen molar-refractivity contribution in [2.75, 3.05) is 19.8 Å². The van der Waals surface area contributed by atoms with Crippen molar-refractivity contribution in [3.8, 4) is 0 Å². The van der Waals surface area contributed by atoms with E-state index in [1.165, 1.54) is 83.5 Å². The zero-order chi connectivity index (χ0) is 20.8. The van der Waals surface area contributed by atoms with Crippen molar-refractivity contribution in [2.45, 2.75) is 110 Å². The van der Waals surface area contributed by atoms with E-state index < -0.39 is 0 Å². The third-order valence-corrected chi connectivity index (χ3v) is 5.48. The molecule has 29 heavy (non-hydrogen) atoms. The van der Waals surface area contributed by atoms with Crippen LogP contribution in [-0.4, -0.2) is 31.0 Å². The lowest BCUT2D eigenvalue weighted by molar-refractivity contribution is -0.0502. The van der Waals surface area contributed by atoms with E-state index in [2.05, 4.69) is 6.92 Å². The van der Waals surface area contributed by atoms with Crippen molar-refractivity contribution in [3.05, 3.63) is 35.9 Å². The molecule has 0 aliphatic carbocycles. The maximum absolute atomic E-state index is 9.42. The Bertz CT molecular complexity index is 435. The van der Waals surface area contributed by atoms with Gasteiger partial charge in [0.05, 0.1) is 19.8 Å². The van der Waals surface area contributed by atoms with Crippen molar-refractivity contribution in [2.24, 2.45) is 0 Å². The smallest absolute Gasteiger partial charge is 0.104 e. The van der Waals surface area contributed by atoms with Crippen LogP contribution in [0.25, 0.3) is 0 Å². The molecule has 3 nitrogen and oxygen atoms in total. The van der Waals surface area contributed by atoms with Gasteiger partial charge in [0.1, 0.15) is 6.10 Å². The van der Waals surface area contributed by atoms with Gasteiger partial charge in [-0.1, -0.05) is 121 Å². The van der Waals surface area contributed by atoms with Gasteiger partial charge in [-0.2, -0.15) is 0 Å². The minimum absolute atomic E-state index is 0.00553. The van der Waals surface area contributed by atoms with E-state index in [0.717, 1.165) is 18.6 Å². The largest absolute Gasteiger partial charge is 0.394 e. The molecule has 0 heterocycles. The average Bonchev–Trinajstić information content (AvgIpc) is 2.76. The zero-order valence-electron chi connectivity index (χ0n) is 19.0. The number of rotatable bonds is 21. The fourth-order valence-corrected chi connectivity index (χ4v) is 3.56. The predicted octanol–water partition coefficient (Wildman–Crippen LogP) is 7.06. The molecule has 0 spiro atoms. The standard InChI is InChI=1S/C26H46O3/c1-2-3-4-5-6-7-8-9-10-11-12-13-14-18-21-28-24-26(22-27)29-23-25-19-16-15-17-20-25/h15-17,19-20,26-27H,2-14,18,21-24H2,1H3. The quantitative estimate of drug-likeness (QED) is 0.222. The molecular formula is C26H46O3. The number of hydrogen-bond acceptors (Lipinski definition) is 3. The summed E-state index contributed by atoms with van der Waals surface area (Å²) in [6, 6.07) is 10.1. The van der Waals surface area contributed by atoms with Crippen LogP contribution in [-0.2, 0) is 16.1 Å². The Labute approximate surface area is 180 Å². The highest BCUT2D eigenvalue weighted by Crippen LogP contribution is 2.13. The molecule has 0 aliphatic rings. The van der Waals surface area contributed by atoms with Gasteiger partial charge < -0.3 is 14.6 Å². The summed E-state index contributed by atoms with van der Waals surface area (Å²) in [6.45, 7) is 4.05. The third-order valence-electron chi connectivity index (χ3n) is 5.48. The summed E-state index contributed by atoms with van der Waals surface area (Å²) < 4.78 is 11.4. The van der Waals surface area contributed by atoms with E-state index in [1.807, 2.05) is 30.3 Å². The Morgan fingerprint density at radius 2 is 1.24 bits per heavy atom. The second kappa shape index (κ2) is 20.4. The lowest BCUT2D eigenvalue weighted by Crippen LogP contribution is -2.24. The Morgan fingerprint density at radius 3 is 1.76 bits per heavy atom. The first-order valence-corrected chi connectivity index (χ1v) is 12.2. The number of hydrogen-bond donors (Lipinski definition) is 1. The van der Waals surface area contributed by atoms with Crippen LogP contribution in [0.15, 0.2) is 30.3 Å². The highest BCUT2D eigenvalue weighted by atomic mass is 16.5. The highest BCUT2D eigenvalue weighted by molar-refractivity contribution is 5.13. The molecular weight excluding hydrogens is 360 g/mol. The predicted molar refractivity (Wildman–Crippen MR) is 123 cm³/mol. The van der Waals surface area contributed by atoms with Gasteiger partial charge in [-0.25, -0.2) is 0 Å². The summed E-state index contributed by atoms with van der Waals surface area (Å²) in [5.41, 5.74) is 1.12. The molecule has 0 saturated heterocycles. The maximum atomic E-state index is 9.42. The molecule has 0 fully saturated rings. The van der Waals surface area contributed by atoms with Crippen molar-refractivity contribution in [1.82, 2.24) is 0 Å². The Morgan fingerprint density at radius 1 is 0.724 bits per heavy atom. The summed E-state index contributed by atoms with van der Waals surface area (Å²) in [5, 5.41) is 9.42. The molecule has 0 aliphatic heterocycles. The van der Waals surface area contributed by atoms with Gasteiger partial charge in [-0.15, -0.1) is 0 Å². The second-order valence-electron chi connectivity index (χ2n) is 8.27. The van der Waals surface area contributed by atoms with Gasteiger partial charge in [0, 0.05) is 6.61 Å². The van der Waals surface area contributed by atoms with Gasteiger partial charge in [-0.05, 0) is 12.0 Å². The Kier molecular flexibility index (Phi) is 18.4. The van der Waals surface area contributed by atoms with Gasteiger partial charge >= 0.3 is 0 Å². The number of aliphatic hydroxyl groups excluding tert-OH is 1. The second-order valence-corrected chi connectivity index (χ2v) is 8.27. The van der Waals surface area contributed by atoms with Crippen LogP contribution < -0.4 is 0 Å². The molecule has 1 N–H and O–H groups in total. The van der Waals surface area contributed by atoms with Gasteiger partial charge in [0.15, 0.2) is 0 Å². The van der Waals surface area contributed by atoms with E-state index >= 15 is 0 Å². The van der Waals surface area contributed by atoms with Crippen LogP contribution in [0.4, 0.5) is 0 Å². The molecule has 1 aromatic rings. The van der Waals surface area contributed by atoms with Gasteiger partial charge in [0.25, 0.3) is 0 Å². The first-order valence-electron chi connectivity index (χ1n) is 12.2. The van der Waals surface area contributed by atoms with Crippen LogP contribution in [0.2, 0.25) is 0 Å². The van der Waals surface area contributed by atoms with Crippen molar-refractivity contribution >= 4 is 0 Å². The molecule has 1 atom stereocenters. The number of aliphatic hydroxyl groups is 1. The monoisotopic (exact) mass is 406 g/mol. The summed E-state index contributed by atoms with van der Waals surface area (Å²) in [6.07, 6.45) is 18.9. The van der Waals surface area contributed by atoms with Gasteiger partial charge in [-0.3, -0.25) is 0 Å². The first kappa shape index (κ1) is 26.1. The maximum Gasteiger partial charge on any atom is 0.104 e. The third kappa shape index (κ3) is 16.6. The summed E-state index contributed by atoms with van der Waals surface area (Å²) >= 11 is 0. The molecule has 0 radical (unpaired) electrons.